The van der Waals surface area contributed by atoms with Crippen molar-refractivity contribution >= 4 is 23.2 Å². The summed E-state index contributed by atoms with van der Waals surface area (Å²) in [7, 11) is 3.68. The van der Waals surface area contributed by atoms with Crippen molar-refractivity contribution in [3.63, 3.8) is 0 Å². The molecule has 0 aromatic carbocycles. The van der Waals surface area contributed by atoms with Crippen LogP contribution in [-0.2, 0) is 4.79 Å². The quantitative estimate of drug-likeness (QED) is 0.657. The number of primary amides is 1. The van der Waals surface area contributed by atoms with Crippen molar-refractivity contribution < 1.29 is 9.90 Å². The summed E-state index contributed by atoms with van der Waals surface area (Å²) < 4.78 is 0. The van der Waals surface area contributed by atoms with E-state index in [0.29, 0.717) is 30.3 Å². The average molecular weight is 265 g/mol. The standard InChI is InChI=1S/C12H19N5O2/c1-16(2)12-7(13)3-4-9(15-12)17-6-5-8(18)10(17)11(14)19/h3-4,8,10,18H,5-6,13H2,1-2H3,(H2,14,19). The Morgan fingerprint density at radius 3 is 2.79 bits per heavy atom. The molecule has 2 rings (SSSR count). The monoisotopic (exact) mass is 265 g/mol. The van der Waals surface area contributed by atoms with E-state index < -0.39 is 18.1 Å². The SMILES string of the molecule is CN(C)c1nc(N2CCC(O)C2C(N)=O)ccc1N. The number of aliphatic hydroxyl groups is 1. The lowest BCUT2D eigenvalue weighted by Gasteiger charge is -2.26. The second-order valence-corrected chi connectivity index (χ2v) is 4.87. The van der Waals surface area contributed by atoms with E-state index in [9.17, 15) is 9.90 Å². The molecule has 5 N–H and O–H groups in total. The molecule has 1 saturated heterocycles. The molecule has 1 fully saturated rings. The minimum absolute atomic E-state index is 0.497. The van der Waals surface area contributed by atoms with Crippen LogP contribution in [0.2, 0.25) is 0 Å². The molecule has 19 heavy (non-hydrogen) atoms. The molecular weight excluding hydrogens is 246 g/mol. The smallest absolute Gasteiger partial charge is 0.242 e. The van der Waals surface area contributed by atoms with E-state index in [4.69, 9.17) is 11.5 Å². The maximum atomic E-state index is 11.4. The molecule has 1 aliphatic heterocycles. The van der Waals surface area contributed by atoms with Crippen LogP contribution in [0.1, 0.15) is 6.42 Å². The summed E-state index contributed by atoms with van der Waals surface area (Å²) in [5, 5.41) is 9.82. The largest absolute Gasteiger partial charge is 0.396 e. The summed E-state index contributed by atoms with van der Waals surface area (Å²) in [5.41, 5.74) is 11.7. The molecule has 0 bridgehead atoms. The van der Waals surface area contributed by atoms with Crippen molar-refractivity contribution in [1.82, 2.24) is 4.98 Å². The van der Waals surface area contributed by atoms with E-state index in [1.807, 2.05) is 14.1 Å². The van der Waals surface area contributed by atoms with Crippen molar-refractivity contribution in [2.45, 2.75) is 18.6 Å². The van der Waals surface area contributed by atoms with E-state index in [1.165, 1.54) is 0 Å². The number of hydrogen-bond donors (Lipinski definition) is 3. The predicted octanol–water partition coefficient (Wildman–Crippen LogP) is -0.845. The van der Waals surface area contributed by atoms with Gasteiger partial charge in [-0.2, -0.15) is 0 Å². The van der Waals surface area contributed by atoms with Crippen molar-refractivity contribution in [2.24, 2.45) is 5.73 Å². The Bertz CT molecular complexity index is 491. The number of hydrogen-bond acceptors (Lipinski definition) is 6. The molecule has 7 nitrogen and oxygen atoms in total. The van der Waals surface area contributed by atoms with Gasteiger partial charge in [0, 0.05) is 20.6 Å². The van der Waals surface area contributed by atoms with E-state index in [1.54, 1.807) is 21.9 Å². The summed E-state index contributed by atoms with van der Waals surface area (Å²) in [6.45, 7) is 0.540. The average Bonchev–Trinajstić information content (AvgIpc) is 2.71. The number of rotatable bonds is 3. The molecule has 1 aliphatic rings. The third-order valence-corrected chi connectivity index (χ3v) is 3.27. The van der Waals surface area contributed by atoms with Crippen LogP contribution in [0.15, 0.2) is 12.1 Å². The molecule has 2 atom stereocenters. The topological polar surface area (TPSA) is 109 Å². The molecule has 104 valence electrons. The van der Waals surface area contributed by atoms with E-state index in [2.05, 4.69) is 4.98 Å². The highest BCUT2D eigenvalue weighted by atomic mass is 16.3. The van der Waals surface area contributed by atoms with Crippen LogP contribution in [0.3, 0.4) is 0 Å². The zero-order valence-corrected chi connectivity index (χ0v) is 11.1. The lowest BCUT2D eigenvalue weighted by Crippen LogP contribution is -2.46. The van der Waals surface area contributed by atoms with Gasteiger partial charge in [-0.25, -0.2) is 4.98 Å². The van der Waals surface area contributed by atoms with Crippen LogP contribution in [-0.4, -0.2) is 48.8 Å². The number of carbonyl (C=O) groups is 1. The Labute approximate surface area is 111 Å². The number of anilines is 3. The van der Waals surface area contributed by atoms with Crippen molar-refractivity contribution in [3.8, 4) is 0 Å². The molecule has 1 aromatic rings. The summed E-state index contributed by atoms with van der Waals surface area (Å²) in [5.74, 6) is 0.676. The third-order valence-electron chi connectivity index (χ3n) is 3.27. The number of nitrogens with two attached hydrogens (primary N) is 2. The van der Waals surface area contributed by atoms with Gasteiger partial charge in [0.25, 0.3) is 0 Å². The highest BCUT2D eigenvalue weighted by molar-refractivity contribution is 5.85. The number of amides is 1. The van der Waals surface area contributed by atoms with Gasteiger partial charge in [0.05, 0.1) is 11.8 Å². The summed E-state index contributed by atoms with van der Waals surface area (Å²) in [4.78, 5) is 19.4. The molecule has 0 saturated carbocycles. The molecule has 0 spiro atoms. The Morgan fingerprint density at radius 2 is 2.21 bits per heavy atom. The fourth-order valence-electron chi connectivity index (χ4n) is 2.34. The van der Waals surface area contributed by atoms with Gasteiger partial charge in [-0.15, -0.1) is 0 Å². The Balaban J connectivity index is 2.36. The zero-order valence-electron chi connectivity index (χ0n) is 11.1. The Morgan fingerprint density at radius 1 is 1.53 bits per heavy atom. The molecule has 0 radical (unpaired) electrons. The van der Waals surface area contributed by atoms with Gasteiger partial charge in [-0.1, -0.05) is 0 Å². The number of nitrogen functional groups attached to an aromatic ring is 1. The maximum absolute atomic E-state index is 11.4. The molecule has 1 amide bonds. The van der Waals surface area contributed by atoms with Gasteiger partial charge in [-0.3, -0.25) is 4.79 Å². The van der Waals surface area contributed by atoms with Crippen LogP contribution < -0.4 is 21.3 Å². The highest BCUT2D eigenvalue weighted by Gasteiger charge is 2.37. The fraction of sp³-hybridized carbons (Fsp3) is 0.500. The normalized spacial score (nSPS) is 22.6. The predicted molar refractivity (Wildman–Crippen MR) is 73.9 cm³/mol. The number of nitrogens with zero attached hydrogens (tertiary/aromatic N) is 3. The van der Waals surface area contributed by atoms with Crippen molar-refractivity contribution in [1.29, 1.82) is 0 Å². The third kappa shape index (κ3) is 2.41. The number of aliphatic hydroxyl groups excluding tert-OH is 1. The number of pyridine rings is 1. The van der Waals surface area contributed by atoms with E-state index >= 15 is 0 Å². The highest BCUT2D eigenvalue weighted by Crippen LogP contribution is 2.28. The van der Waals surface area contributed by atoms with Crippen LogP contribution in [0.25, 0.3) is 0 Å². The van der Waals surface area contributed by atoms with Gasteiger partial charge in [0.2, 0.25) is 5.91 Å². The minimum atomic E-state index is -0.750. The molecule has 1 aromatic heterocycles. The zero-order chi connectivity index (χ0) is 14.2. The first-order valence-electron chi connectivity index (χ1n) is 6.09. The summed E-state index contributed by atoms with van der Waals surface area (Å²) in [6.07, 6.45) is -0.253. The first kappa shape index (κ1) is 13.4. The molecule has 0 aliphatic carbocycles. The fourth-order valence-corrected chi connectivity index (χ4v) is 2.34. The van der Waals surface area contributed by atoms with E-state index in [0.717, 1.165) is 0 Å². The van der Waals surface area contributed by atoms with Gasteiger partial charge >= 0.3 is 0 Å². The summed E-state index contributed by atoms with van der Waals surface area (Å²) >= 11 is 0. The van der Waals surface area contributed by atoms with Crippen molar-refractivity contribution in [2.75, 3.05) is 36.2 Å². The number of carbonyl (C=O) groups excluding carboxylic acids is 1. The maximum Gasteiger partial charge on any atom is 0.242 e. The second kappa shape index (κ2) is 4.93. The lowest BCUT2D eigenvalue weighted by atomic mass is 10.1. The summed E-state index contributed by atoms with van der Waals surface area (Å²) in [6, 6.07) is 2.74. The van der Waals surface area contributed by atoms with Gasteiger partial charge < -0.3 is 26.4 Å². The van der Waals surface area contributed by atoms with Gasteiger partial charge in [0.1, 0.15) is 11.9 Å². The first-order valence-corrected chi connectivity index (χ1v) is 6.09. The van der Waals surface area contributed by atoms with Crippen LogP contribution in [0.5, 0.6) is 0 Å². The van der Waals surface area contributed by atoms with Crippen LogP contribution >= 0.6 is 0 Å². The van der Waals surface area contributed by atoms with Crippen LogP contribution in [0.4, 0.5) is 17.3 Å². The molecule has 7 heteroatoms. The van der Waals surface area contributed by atoms with Crippen LogP contribution in [0, 0.1) is 0 Å². The first-order chi connectivity index (χ1) is 8.91. The Kier molecular flexibility index (Phi) is 3.48. The molecular formula is C12H19N5O2. The lowest BCUT2D eigenvalue weighted by molar-refractivity contribution is -0.120. The second-order valence-electron chi connectivity index (χ2n) is 4.87. The molecule has 2 heterocycles. The van der Waals surface area contributed by atoms with E-state index in [-0.39, 0.29) is 0 Å². The Hall–Kier alpha value is -2.02. The minimum Gasteiger partial charge on any atom is -0.396 e. The van der Waals surface area contributed by atoms with Gasteiger partial charge in [0.15, 0.2) is 5.82 Å². The number of aromatic nitrogens is 1. The van der Waals surface area contributed by atoms with Crippen molar-refractivity contribution in [3.05, 3.63) is 12.1 Å². The van der Waals surface area contributed by atoms with Gasteiger partial charge in [-0.05, 0) is 18.6 Å². The molecule has 2 unspecified atom stereocenters.